The molecule has 0 radical (unpaired) electrons. The molecule has 112 valence electrons. The summed E-state index contributed by atoms with van der Waals surface area (Å²) in [5.74, 6) is -1.11. The highest BCUT2D eigenvalue weighted by molar-refractivity contribution is 5.70. The summed E-state index contributed by atoms with van der Waals surface area (Å²) in [7, 11) is 0. The summed E-state index contributed by atoms with van der Waals surface area (Å²) >= 11 is 0. The van der Waals surface area contributed by atoms with Crippen molar-refractivity contribution in [2.75, 3.05) is 0 Å². The van der Waals surface area contributed by atoms with E-state index in [1.807, 2.05) is 0 Å². The number of carboxylic acids is 1. The number of nitrogens with zero attached hydrogens (tertiary/aromatic N) is 3. The summed E-state index contributed by atoms with van der Waals surface area (Å²) in [5.41, 5.74) is -0.444. The fourth-order valence-corrected chi connectivity index (χ4v) is 2.79. The van der Waals surface area contributed by atoms with E-state index in [1.54, 1.807) is 0 Å². The molecule has 5 nitrogen and oxygen atoms in total. The predicted octanol–water partition coefficient (Wildman–Crippen LogP) is 2.72. The van der Waals surface area contributed by atoms with Gasteiger partial charge in [-0.25, -0.2) is 0 Å². The van der Waals surface area contributed by atoms with Gasteiger partial charge in [-0.3, -0.25) is 9.20 Å². The van der Waals surface area contributed by atoms with E-state index in [0.717, 1.165) is 12.3 Å². The van der Waals surface area contributed by atoms with Gasteiger partial charge in [0.05, 0.1) is 11.5 Å². The van der Waals surface area contributed by atoms with Crippen LogP contribution in [-0.4, -0.2) is 25.7 Å². The van der Waals surface area contributed by atoms with Gasteiger partial charge in [0.2, 0.25) is 0 Å². The first-order valence-electron chi connectivity index (χ1n) is 6.51. The molecule has 2 aromatic rings. The fraction of sp³-hybridized carbons (Fsp3) is 0.462. The molecule has 0 aromatic carbocycles. The number of alkyl halides is 3. The van der Waals surface area contributed by atoms with Crippen LogP contribution in [0.3, 0.4) is 0 Å². The molecule has 0 amide bonds. The van der Waals surface area contributed by atoms with Gasteiger partial charge in [-0.1, -0.05) is 0 Å². The molecule has 2 aromatic heterocycles. The summed E-state index contributed by atoms with van der Waals surface area (Å²) in [6, 6.07) is 2.23. The molecule has 3 rings (SSSR count). The summed E-state index contributed by atoms with van der Waals surface area (Å²) < 4.78 is 39.6. The van der Waals surface area contributed by atoms with Gasteiger partial charge in [0.15, 0.2) is 5.65 Å². The highest BCUT2D eigenvalue weighted by Gasteiger charge is 2.34. The van der Waals surface area contributed by atoms with Crippen molar-refractivity contribution in [2.45, 2.75) is 31.4 Å². The Balaban J connectivity index is 1.98. The first-order valence-corrected chi connectivity index (χ1v) is 6.51. The third-order valence-corrected chi connectivity index (χ3v) is 3.90. The van der Waals surface area contributed by atoms with Gasteiger partial charge >= 0.3 is 12.1 Å². The smallest absolute Gasteiger partial charge is 0.417 e. The largest absolute Gasteiger partial charge is 0.481 e. The highest BCUT2D eigenvalue weighted by atomic mass is 19.4. The number of carboxylic acid groups (broad SMARTS) is 1. The number of fused-ring (bicyclic) bond motifs is 1. The maximum absolute atomic E-state index is 12.8. The van der Waals surface area contributed by atoms with E-state index in [-0.39, 0.29) is 5.92 Å². The van der Waals surface area contributed by atoms with E-state index < -0.39 is 23.6 Å². The Hall–Kier alpha value is -2.12. The van der Waals surface area contributed by atoms with Crippen molar-refractivity contribution in [3.05, 3.63) is 29.7 Å². The summed E-state index contributed by atoms with van der Waals surface area (Å²) in [6.07, 6.45) is -1.98. The Labute approximate surface area is 117 Å². The lowest BCUT2D eigenvalue weighted by Gasteiger charge is -2.10. The number of carbonyl (C=O) groups is 1. The van der Waals surface area contributed by atoms with Crippen molar-refractivity contribution >= 4 is 11.6 Å². The molecule has 0 spiro atoms. The quantitative estimate of drug-likeness (QED) is 0.926. The normalized spacial score (nSPS) is 22.8. The van der Waals surface area contributed by atoms with Gasteiger partial charge in [-0.2, -0.15) is 13.2 Å². The highest BCUT2D eigenvalue weighted by Crippen LogP contribution is 2.38. The molecule has 1 fully saturated rings. The van der Waals surface area contributed by atoms with Crippen LogP contribution in [0, 0.1) is 5.92 Å². The van der Waals surface area contributed by atoms with E-state index >= 15 is 0 Å². The SMILES string of the molecule is O=C(O)C1CCC(c2nnc3ccc(C(F)(F)F)cn23)C1. The molecule has 1 N–H and O–H groups in total. The zero-order valence-electron chi connectivity index (χ0n) is 10.8. The topological polar surface area (TPSA) is 67.5 Å². The van der Waals surface area contributed by atoms with Crippen LogP contribution in [0.5, 0.6) is 0 Å². The number of hydrogen-bond acceptors (Lipinski definition) is 3. The van der Waals surface area contributed by atoms with Crippen LogP contribution < -0.4 is 0 Å². The third-order valence-electron chi connectivity index (χ3n) is 3.90. The Morgan fingerprint density at radius 3 is 2.67 bits per heavy atom. The Morgan fingerprint density at radius 1 is 1.29 bits per heavy atom. The van der Waals surface area contributed by atoms with Crippen LogP contribution >= 0.6 is 0 Å². The lowest BCUT2D eigenvalue weighted by Crippen LogP contribution is -2.10. The maximum Gasteiger partial charge on any atom is 0.417 e. The minimum atomic E-state index is -4.44. The Kier molecular flexibility index (Phi) is 3.11. The molecule has 1 saturated carbocycles. The van der Waals surface area contributed by atoms with Crippen LogP contribution in [0.1, 0.15) is 36.6 Å². The number of aliphatic carboxylic acids is 1. The van der Waals surface area contributed by atoms with Crippen LogP contribution in [-0.2, 0) is 11.0 Å². The van der Waals surface area contributed by atoms with Crippen LogP contribution in [0.15, 0.2) is 18.3 Å². The molecule has 1 aliphatic rings. The molecule has 21 heavy (non-hydrogen) atoms. The van der Waals surface area contributed by atoms with E-state index in [9.17, 15) is 18.0 Å². The molecule has 0 aliphatic heterocycles. The standard InChI is InChI=1S/C13H12F3N3O2/c14-13(15,16)9-3-4-10-17-18-11(19(10)6-9)7-1-2-8(5-7)12(20)21/h3-4,6-8H,1-2,5H2,(H,20,21). The van der Waals surface area contributed by atoms with Crippen molar-refractivity contribution in [3.8, 4) is 0 Å². The van der Waals surface area contributed by atoms with Crippen molar-refractivity contribution < 1.29 is 23.1 Å². The second kappa shape index (κ2) is 4.71. The zero-order chi connectivity index (χ0) is 15.2. The first-order chi connectivity index (χ1) is 9.86. The zero-order valence-corrected chi connectivity index (χ0v) is 10.8. The van der Waals surface area contributed by atoms with Crippen molar-refractivity contribution in [1.82, 2.24) is 14.6 Å². The van der Waals surface area contributed by atoms with Gasteiger partial charge < -0.3 is 5.11 Å². The summed E-state index contributed by atoms with van der Waals surface area (Å²) in [6.45, 7) is 0. The van der Waals surface area contributed by atoms with E-state index in [0.29, 0.717) is 30.7 Å². The lowest BCUT2D eigenvalue weighted by molar-refractivity contribution is -0.141. The van der Waals surface area contributed by atoms with Gasteiger partial charge in [-0.15, -0.1) is 10.2 Å². The first kappa shape index (κ1) is 13.8. The molecule has 0 bridgehead atoms. The van der Waals surface area contributed by atoms with E-state index in [2.05, 4.69) is 10.2 Å². The molecular weight excluding hydrogens is 287 g/mol. The van der Waals surface area contributed by atoms with E-state index in [1.165, 1.54) is 10.5 Å². The minimum Gasteiger partial charge on any atom is -0.481 e. The molecule has 2 atom stereocenters. The summed E-state index contributed by atoms with van der Waals surface area (Å²) in [5, 5.41) is 16.8. The number of halogens is 3. The Morgan fingerprint density at radius 2 is 2.05 bits per heavy atom. The molecule has 1 aliphatic carbocycles. The van der Waals surface area contributed by atoms with Crippen LogP contribution in [0.2, 0.25) is 0 Å². The second-order valence-corrected chi connectivity index (χ2v) is 5.25. The molecule has 0 saturated heterocycles. The molecule has 2 heterocycles. The summed E-state index contributed by atoms with van der Waals surface area (Å²) in [4.78, 5) is 11.0. The molecule has 2 unspecified atom stereocenters. The average Bonchev–Trinajstić information content (AvgIpc) is 3.03. The van der Waals surface area contributed by atoms with Crippen molar-refractivity contribution in [1.29, 1.82) is 0 Å². The average molecular weight is 299 g/mol. The maximum atomic E-state index is 12.8. The van der Waals surface area contributed by atoms with Crippen LogP contribution in [0.25, 0.3) is 5.65 Å². The fourth-order valence-electron chi connectivity index (χ4n) is 2.79. The number of pyridine rings is 1. The monoisotopic (exact) mass is 299 g/mol. The minimum absolute atomic E-state index is 0.176. The van der Waals surface area contributed by atoms with Gasteiger partial charge in [0.25, 0.3) is 0 Å². The van der Waals surface area contributed by atoms with Gasteiger partial charge in [0, 0.05) is 12.1 Å². The number of hydrogen-bond donors (Lipinski definition) is 1. The molecule has 8 heteroatoms. The molecular formula is C13H12F3N3O2. The predicted molar refractivity (Wildman–Crippen MR) is 65.7 cm³/mol. The van der Waals surface area contributed by atoms with Gasteiger partial charge in [0.1, 0.15) is 5.82 Å². The number of rotatable bonds is 2. The van der Waals surface area contributed by atoms with Crippen molar-refractivity contribution in [2.24, 2.45) is 5.92 Å². The third kappa shape index (κ3) is 2.45. The van der Waals surface area contributed by atoms with E-state index in [4.69, 9.17) is 5.11 Å². The van der Waals surface area contributed by atoms with Crippen molar-refractivity contribution in [3.63, 3.8) is 0 Å². The number of aromatic nitrogens is 3. The lowest BCUT2D eigenvalue weighted by atomic mass is 10.0. The van der Waals surface area contributed by atoms with Gasteiger partial charge in [-0.05, 0) is 31.4 Å². The second-order valence-electron chi connectivity index (χ2n) is 5.25. The Bertz CT molecular complexity index is 696. The van der Waals surface area contributed by atoms with Crippen LogP contribution in [0.4, 0.5) is 13.2 Å².